The zero-order valence-corrected chi connectivity index (χ0v) is 26.4. The Kier molecular flexibility index (Phi) is 9.89. The monoisotopic (exact) mass is 585 g/mol. The van der Waals surface area contributed by atoms with Gasteiger partial charge in [-0.1, -0.05) is 41.5 Å². The summed E-state index contributed by atoms with van der Waals surface area (Å²) < 4.78 is 11.6. The van der Waals surface area contributed by atoms with Crippen LogP contribution in [0.15, 0.2) is 70.7 Å². The van der Waals surface area contributed by atoms with E-state index in [1.165, 1.54) is 5.57 Å². The summed E-state index contributed by atoms with van der Waals surface area (Å²) in [6.45, 7) is 10.1. The molecule has 3 atom stereocenters. The van der Waals surface area contributed by atoms with E-state index in [1.807, 2.05) is 20.0 Å². The van der Waals surface area contributed by atoms with Crippen molar-refractivity contribution < 1.29 is 19.1 Å². The van der Waals surface area contributed by atoms with E-state index in [9.17, 15) is 9.59 Å². The number of hydrogen-bond acceptors (Lipinski definition) is 5. The molecular formula is C36H47N3O4. The van der Waals surface area contributed by atoms with Gasteiger partial charge in [0.25, 0.3) is 0 Å². The molecule has 2 aliphatic heterocycles. The summed E-state index contributed by atoms with van der Waals surface area (Å²) in [6, 6.07) is 6.18. The Morgan fingerprint density at radius 3 is 2.47 bits per heavy atom. The number of benzene rings is 1. The quantitative estimate of drug-likeness (QED) is 0.170. The number of rotatable bonds is 9. The first-order valence-corrected chi connectivity index (χ1v) is 15.9. The minimum atomic E-state index is -0.343. The number of carbonyl (C=O) groups excluding carboxylic acids is 2. The maximum atomic E-state index is 12.9. The van der Waals surface area contributed by atoms with Crippen molar-refractivity contribution in [3.8, 4) is 0 Å². The van der Waals surface area contributed by atoms with E-state index in [-0.39, 0.29) is 24.2 Å². The van der Waals surface area contributed by atoms with Crippen molar-refractivity contribution in [2.24, 2.45) is 22.7 Å². The molecule has 0 bridgehead atoms. The summed E-state index contributed by atoms with van der Waals surface area (Å²) in [5.74, 6) is 3.24. The Morgan fingerprint density at radius 1 is 1.12 bits per heavy atom. The third-order valence-electron chi connectivity index (χ3n) is 9.43. The lowest BCUT2D eigenvalue weighted by Crippen LogP contribution is -2.41. The summed E-state index contributed by atoms with van der Waals surface area (Å²) in [7, 11) is 1.75. The van der Waals surface area contributed by atoms with Crippen LogP contribution in [-0.2, 0) is 14.3 Å². The number of likely N-dealkylation sites (tertiary alicyclic amines) is 1. The molecule has 1 saturated carbocycles. The normalized spacial score (nSPS) is 28.4. The number of cyclic esters (lactones) is 1. The van der Waals surface area contributed by atoms with E-state index in [0.29, 0.717) is 11.8 Å². The highest BCUT2D eigenvalue weighted by atomic mass is 16.6. The summed E-state index contributed by atoms with van der Waals surface area (Å²) in [6.07, 6.45) is 18.4. The molecule has 0 N–H and O–H groups in total. The van der Waals surface area contributed by atoms with Crippen LogP contribution in [-0.4, -0.2) is 54.3 Å². The van der Waals surface area contributed by atoms with Gasteiger partial charge in [0.15, 0.2) is 0 Å². The molecule has 2 heterocycles. The lowest BCUT2D eigenvalue weighted by Gasteiger charge is -2.33. The van der Waals surface area contributed by atoms with Gasteiger partial charge in [0.1, 0.15) is 24.0 Å². The van der Waals surface area contributed by atoms with Crippen molar-refractivity contribution in [1.82, 2.24) is 9.80 Å². The molecule has 2 aliphatic carbocycles. The Bertz CT molecular complexity index is 1320. The van der Waals surface area contributed by atoms with E-state index < -0.39 is 0 Å². The first kappa shape index (κ1) is 30.8. The maximum absolute atomic E-state index is 12.9. The average molecular weight is 586 g/mol. The van der Waals surface area contributed by atoms with Crippen LogP contribution in [0.1, 0.15) is 81.6 Å². The Labute approximate surface area is 257 Å². The molecule has 3 unspecified atom stereocenters. The van der Waals surface area contributed by atoms with Gasteiger partial charge in [-0.3, -0.25) is 4.90 Å². The number of amidine groups is 1. The van der Waals surface area contributed by atoms with Crippen LogP contribution < -0.4 is 0 Å². The van der Waals surface area contributed by atoms with Crippen LogP contribution in [0.2, 0.25) is 0 Å². The molecule has 0 radical (unpaired) electrons. The fourth-order valence-electron chi connectivity index (χ4n) is 6.94. The number of methoxy groups -OCH3 is 1. The molecule has 0 aromatic heterocycles. The van der Waals surface area contributed by atoms with E-state index >= 15 is 0 Å². The molecule has 230 valence electrons. The zero-order valence-electron chi connectivity index (χ0n) is 26.4. The van der Waals surface area contributed by atoms with Crippen LogP contribution in [0.5, 0.6) is 0 Å². The van der Waals surface area contributed by atoms with E-state index in [1.54, 1.807) is 12.0 Å². The van der Waals surface area contributed by atoms with Crippen molar-refractivity contribution in [2.75, 3.05) is 20.2 Å². The minimum absolute atomic E-state index is 0.138. The summed E-state index contributed by atoms with van der Waals surface area (Å²) in [4.78, 5) is 33.0. The molecule has 4 aliphatic rings. The lowest BCUT2D eigenvalue weighted by molar-refractivity contribution is -0.112. The van der Waals surface area contributed by atoms with Gasteiger partial charge < -0.3 is 19.2 Å². The Hall–Kier alpha value is -3.61. The molecule has 7 heteroatoms. The third kappa shape index (κ3) is 7.31. The van der Waals surface area contributed by atoms with Gasteiger partial charge in [0.05, 0.1) is 18.8 Å². The van der Waals surface area contributed by atoms with E-state index in [4.69, 9.17) is 14.5 Å². The molecule has 1 aromatic carbocycles. The number of aryl methyl sites for hydroxylation is 2. The van der Waals surface area contributed by atoms with Crippen molar-refractivity contribution in [2.45, 2.75) is 84.8 Å². The molecular weight excluding hydrogens is 538 g/mol. The number of allylic oxidation sites excluding steroid dienone is 5. The predicted molar refractivity (Wildman–Crippen MR) is 170 cm³/mol. The number of aldehydes is 1. The highest BCUT2D eigenvalue weighted by molar-refractivity contribution is 5.94. The van der Waals surface area contributed by atoms with Gasteiger partial charge in [-0.05, 0) is 108 Å². The summed E-state index contributed by atoms with van der Waals surface area (Å²) in [5.41, 5.74) is 5.32. The number of carbonyl (C=O) groups is 2. The van der Waals surface area contributed by atoms with Crippen LogP contribution in [0.25, 0.3) is 0 Å². The topological polar surface area (TPSA) is 71.4 Å². The number of amides is 1. The summed E-state index contributed by atoms with van der Waals surface area (Å²) >= 11 is 0. The van der Waals surface area contributed by atoms with Crippen LogP contribution >= 0.6 is 0 Å². The summed E-state index contributed by atoms with van der Waals surface area (Å²) in [5, 5.41) is 0. The predicted octanol–water partition coefficient (Wildman–Crippen LogP) is 7.58. The third-order valence-corrected chi connectivity index (χ3v) is 9.43. The number of nitrogens with zero attached hydrogens (tertiary/aromatic N) is 3. The Balaban J connectivity index is 1.28. The molecule has 43 heavy (non-hydrogen) atoms. The second kappa shape index (κ2) is 13.8. The smallest absolute Gasteiger partial charge is 0.414 e. The molecule has 1 amide bonds. The standard InChI is InChI=1S/C36H47N3O4/c1-24-18-25(2)20-32(19-24)35-27(4)39(36(41)43-35)22-26(3)37-34(38-16-7-17-38)9-6-8-31-21-30(14-15-33(31)42-5)29-12-10-28(23-40)11-13-29/h6,9,15,18-23,27-30,35H,7-8,10-14,16-17H2,1-5H3/b9-6-,26-22-,37-34+. The second-order valence-electron chi connectivity index (χ2n) is 12.7. The fraction of sp³-hybridized carbons (Fsp3) is 0.528. The highest BCUT2D eigenvalue weighted by Gasteiger charge is 2.39. The first-order chi connectivity index (χ1) is 20.7. The average Bonchev–Trinajstić information content (AvgIpc) is 3.24. The van der Waals surface area contributed by atoms with Crippen molar-refractivity contribution >= 4 is 18.2 Å². The molecule has 1 aromatic rings. The molecule has 7 nitrogen and oxygen atoms in total. The van der Waals surface area contributed by atoms with Gasteiger partial charge in [-0.15, -0.1) is 0 Å². The van der Waals surface area contributed by atoms with E-state index in [2.05, 4.69) is 61.3 Å². The maximum Gasteiger partial charge on any atom is 0.414 e. The number of ether oxygens (including phenoxy) is 2. The SMILES string of the molecule is COC1=CCC(C2CCC(C=O)CC2)C=C1C\C=C/C(=N\C(C)=C/N1C(=O)OC(c2cc(C)cc(C)c2)C1C)N1CCC1. The zero-order chi connectivity index (χ0) is 30.5. The van der Waals surface area contributed by atoms with Crippen LogP contribution in [0, 0.1) is 31.6 Å². The van der Waals surface area contributed by atoms with Gasteiger partial charge >= 0.3 is 6.09 Å². The van der Waals surface area contributed by atoms with Gasteiger partial charge in [-0.2, -0.15) is 0 Å². The van der Waals surface area contributed by atoms with Crippen molar-refractivity contribution in [1.29, 1.82) is 0 Å². The van der Waals surface area contributed by atoms with Gasteiger partial charge in [0, 0.05) is 25.2 Å². The fourth-order valence-corrected chi connectivity index (χ4v) is 6.94. The van der Waals surface area contributed by atoms with Gasteiger partial charge in [-0.25, -0.2) is 9.79 Å². The van der Waals surface area contributed by atoms with E-state index in [0.717, 1.165) is 98.3 Å². The number of hydrogen-bond donors (Lipinski definition) is 0. The number of aliphatic imine (C=N–C) groups is 1. The highest BCUT2D eigenvalue weighted by Crippen LogP contribution is 2.39. The largest absolute Gasteiger partial charge is 0.497 e. The lowest BCUT2D eigenvalue weighted by atomic mass is 9.73. The first-order valence-electron chi connectivity index (χ1n) is 15.9. The second-order valence-corrected chi connectivity index (χ2v) is 12.7. The van der Waals surface area contributed by atoms with Crippen molar-refractivity contribution in [3.63, 3.8) is 0 Å². The molecule has 0 spiro atoms. The minimum Gasteiger partial charge on any atom is -0.497 e. The van der Waals surface area contributed by atoms with Crippen LogP contribution in [0.4, 0.5) is 4.79 Å². The van der Waals surface area contributed by atoms with Crippen LogP contribution in [0.3, 0.4) is 0 Å². The Morgan fingerprint density at radius 2 is 1.84 bits per heavy atom. The van der Waals surface area contributed by atoms with Crippen molar-refractivity contribution in [3.05, 3.63) is 82.4 Å². The van der Waals surface area contributed by atoms with Gasteiger partial charge in [0.2, 0.25) is 0 Å². The molecule has 3 fully saturated rings. The molecule has 2 saturated heterocycles. The molecule has 5 rings (SSSR count).